The summed E-state index contributed by atoms with van der Waals surface area (Å²) in [5.74, 6) is 0.540. The molecule has 3 atom stereocenters. The van der Waals surface area contributed by atoms with Crippen LogP contribution in [0.3, 0.4) is 0 Å². The molecule has 98 valence electrons. The van der Waals surface area contributed by atoms with Crippen molar-refractivity contribution >= 4 is 21.6 Å². The molecule has 1 unspecified atom stereocenters. The summed E-state index contributed by atoms with van der Waals surface area (Å²) in [6, 6.07) is 6.76. The van der Waals surface area contributed by atoms with Crippen molar-refractivity contribution in [2.24, 2.45) is 5.92 Å². The Labute approximate surface area is 116 Å². The molecule has 0 saturated carbocycles. The standard InChI is InChI=1S/C14H18BrNO2/c15-9-3-4-13-11(8-9)14-10(5-7-18-14)12(16-13)2-1-6-17/h3-4,8,10,12,14,16-17H,1-2,5-7H2/t10-,12?,14-/m0/s1. The van der Waals surface area contributed by atoms with Crippen LogP contribution in [0.4, 0.5) is 5.69 Å². The largest absolute Gasteiger partial charge is 0.396 e. The normalized spacial score (nSPS) is 29.6. The first kappa shape index (κ1) is 12.5. The van der Waals surface area contributed by atoms with E-state index >= 15 is 0 Å². The van der Waals surface area contributed by atoms with Crippen LogP contribution in [0.25, 0.3) is 0 Å². The van der Waals surface area contributed by atoms with Gasteiger partial charge < -0.3 is 15.2 Å². The second-order valence-electron chi connectivity index (χ2n) is 5.09. The van der Waals surface area contributed by atoms with E-state index in [-0.39, 0.29) is 12.7 Å². The van der Waals surface area contributed by atoms with Crippen molar-refractivity contribution < 1.29 is 9.84 Å². The molecule has 0 spiro atoms. The number of rotatable bonds is 3. The molecule has 1 aromatic rings. The molecule has 2 aliphatic rings. The van der Waals surface area contributed by atoms with Gasteiger partial charge in [-0.2, -0.15) is 0 Å². The highest BCUT2D eigenvalue weighted by atomic mass is 79.9. The summed E-state index contributed by atoms with van der Waals surface area (Å²) >= 11 is 3.53. The lowest BCUT2D eigenvalue weighted by Gasteiger charge is -2.36. The zero-order valence-corrected chi connectivity index (χ0v) is 11.8. The fraction of sp³-hybridized carbons (Fsp3) is 0.571. The highest BCUT2D eigenvalue weighted by Gasteiger charge is 2.40. The molecule has 1 aromatic carbocycles. The van der Waals surface area contributed by atoms with Crippen LogP contribution in [0, 0.1) is 5.92 Å². The fourth-order valence-electron chi connectivity index (χ4n) is 3.14. The molecule has 1 fully saturated rings. The van der Waals surface area contributed by atoms with Gasteiger partial charge in [0, 0.05) is 40.9 Å². The van der Waals surface area contributed by atoms with E-state index in [1.807, 2.05) is 0 Å². The van der Waals surface area contributed by atoms with Crippen LogP contribution < -0.4 is 5.32 Å². The van der Waals surface area contributed by atoms with E-state index in [9.17, 15) is 0 Å². The van der Waals surface area contributed by atoms with Gasteiger partial charge in [-0.25, -0.2) is 0 Å². The Morgan fingerprint density at radius 1 is 1.44 bits per heavy atom. The van der Waals surface area contributed by atoms with Gasteiger partial charge in [0.15, 0.2) is 0 Å². The highest BCUT2D eigenvalue weighted by Crippen LogP contribution is 2.46. The summed E-state index contributed by atoms with van der Waals surface area (Å²) in [6.45, 7) is 1.11. The summed E-state index contributed by atoms with van der Waals surface area (Å²) in [6.07, 6.45) is 3.20. The number of aliphatic hydroxyl groups excluding tert-OH is 1. The van der Waals surface area contributed by atoms with E-state index < -0.39 is 0 Å². The van der Waals surface area contributed by atoms with Crippen molar-refractivity contribution in [3.63, 3.8) is 0 Å². The first-order valence-electron chi connectivity index (χ1n) is 6.58. The number of benzene rings is 1. The van der Waals surface area contributed by atoms with E-state index in [1.54, 1.807) is 0 Å². The number of hydrogen-bond donors (Lipinski definition) is 2. The van der Waals surface area contributed by atoms with Gasteiger partial charge in [0.1, 0.15) is 0 Å². The molecule has 0 aromatic heterocycles. The highest BCUT2D eigenvalue weighted by molar-refractivity contribution is 9.10. The van der Waals surface area contributed by atoms with Gasteiger partial charge in [-0.1, -0.05) is 15.9 Å². The molecule has 0 radical (unpaired) electrons. The lowest BCUT2D eigenvalue weighted by molar-refractivity contribution is 0.0813. The number of ether oxygens (including phenoxy) is 1. The van der Waals surface area contributed by atoms with Gasteiger partial charge in [0.2, 0.25) is 0 Å². The number of fused-ring (bicyclic) bond motifs is 3. The predicted molar refractivity (Wildman–Crippen MR) is 74.7 cm³/mol. The smallest absolute Gasteiger partial charge is 0.0893 e. The Bertz CT molecular complexity index is 438. The third-order valence-electron chi connectivity index (χ3n) is 3.99. The summed E-state index contributed by atoms with van der Waals surface area (Å²) in [5, 5.41) is 12.6. The van der Waals surface area contributed by atoms with Crippen molar-refractivity contribution in [1.82, 2.24) is 0 Å². The Hall–Kier alpha value is -0.580. The molecule has 3 rings (SSSR count). The van der Waals surface area contributed by atoms with Gasteiger partial charge in [-0.05, 0) is 37.5 Å². The van der Waals surface area contributed by atoms with Crippen molar-refractivity contribution in [2.45, 2.75) is 31.4 Å². The van der Waals surface area contributed by atoms with Gasteiger partial charge >= 0.3 is 0 Å². The van der Waals surface area contributed by atoms with Crippen LogP contribution in [0.1, 0.15) is 30.9 Å². The Balaban J connectivity index is 1.89. The maximum Gasteiger partial charge on any atom is 0.0893 e. The molecule has 4 heteroatoms. The van der Waals surface area contributed by atoms with E-state index in [2.05, 4.69) is 39.4 Å². The van der Waals surface area contributed by atoms with Crippen molar-refractivity contribution in [2.75, 3.05) is 18.5 Å². The summed E-state index contributed by atoms with van der Waals surface area (Å²) < 4.78 is 7.03. The summed E-state index contributed by atoms with van der Waals surface area (Å²) in [7, 11) is 0. The minimum absolute atomic E-state index is 0.224. The van der Waals surface area contributed by atoms with Crippen molar-refractivity contribution in [3.8, 4) is 0 Å². The lowest BCUT2D eigenvalue weighted by Crippen LogP contribution is -2.36. The molecule has 2 heterocycles. The quantitative estimate of drug-likeness (QED) is 0.901. The SMILES string of the molecule is OCCCC1Nc2ccc(Br)cc2[C@H]2OCC[C@@H]12. The van der Waals surface area contributed by atoms with E-state index in [0.717, 1.165) is 30.3 Å². The maximum atomic E-state index is 9.00. The Morgan fingerprint density at radius 2 is 2.33 bits per heavy atom. The van der Waals surface area contributed by atoms with E-state index in [0.29, 0.717) is 12.0 Å². The summed E-state index contributed by atoms with van der Waals surface area (Å²) in [5.41, 5.74) is 2.46. The third-order valence-corrected chi connectivity index (χ3v) is 4.48. The van der Waals surface area contributed by atoms with Crippen LogP contribution in [0.15, 0.2) is 22.7 Å². The third kappa shape index (κ3) is 2.17. The predicted octanol–water partition coefficient (Wildman–Crippen LogP) is 3.09. The molecule has 2 aliphatic heterocycles. The number of halogens is 1. The van der Waals surface area contributed by atoms with Crippen LogP contribution in [-0.2, 0) is 4.74 Å². The maximum absolute atomic E-state index is 9.00. The van der Waals surface area contributed by atoms with Crippen molar-refractivity contribution in [3.05, 3.63) is 28.2 Å². The monoisotopic (exact) mass is 311 g/mol. The Kier molecular flexibility index (Phi) is 3.59. The molecule has 1 saturated heterocycles. The summed E-state index contributed by atoms with van der Waals surface area (Å²) in [4.78, 5) is 0. The average molecular weight is 312 g/mol. The molecule has 0 amide bonds. The minimum atomic E-state index is 0.224. The van der Waals surface area contributed by atoms with Gasteiger partial charge in [0.25, 0.3) is 0 Å². The minimum Gasteiger partial charge on any atom is -0.396 e. The molecular weight excluding hydrogens is 294 g/mol. The topological polar surface area (TPSA) is 41.5 Å². The number of hydrogen-bond acceptors (Lipinski definition) is 3. The van der Waals surface area contributed by atoms with Crippen LogP contribution in [-0.4, -0.2) is 24.4 Å². The van der Waals surface area contributed by atoms with Gasteiger partial charge in [0.05, 0.1) is 6.10 Å². The molecule has 18 heavy (non-hydrogen) atoms. The second-order valence-corrected chi connectivity index (χ2v) is 6.01. The van der Waals surface area contributed by atoms with Gasteiger partial charge in [-0.15, -0.1) is 0 Å². The average Bonchev–Trinajstić information content (AvgIpc) is 2.86. The molecule has 0 aliphatic carbocycles. The number of anilines is 1. The molecule has 3 nitrogen and oxygen atoms in total. The zero-order valence-electron chi connectivity index (χ0n) is 10.2. The molecular formula is C14H18BrNO2. The first-order chi connectivity index (χ1) is 8.79. The molecule has 0 bridgehead atoms. The number of aliphatic hydroxyl groups is 1. The molecule has 2 N–H and O–H groups in total. The lowest BCUT2D eigenvalue weighted by atomic mass is 9.82. The van der Waals surface area contributed by atoms with Gasteiger partial charge in [-0.3, -0.25) is 0 Å². The van der Waals surface area contributed by atoms with Crippen molar-refractivity contribution in [1.29, 1.82) is 0 Å². The zero-order chi connectivity index (χ0) is 12.5. The second kappa shape index (κ2) is 5.19. The first-order valence-corrected chi connectivity index (χ1v) is 7.37. The Morgan fingerprint density at radius 3 is 3.17 bits per heavy atom. The van der Waals surface area contributed by atoms with Crippen LogP contribution in [0.5, 0.6) is 0 Å². The fourth-order valence-corrected chi connectivity index (χ4v) is 3.52. The number of nitrogens with one attached hydrogen (secondary N) is 1. The van der Waals surface area contributed by atoms with E-state index in [4.69, 9.17) is 9.84 Å². The van der Waals surface area contributed by atoms with Crippen LogP contribution >= 0.6 is 15.9 Å². The van der Waals surface area contributed by atoms with E-state index in [1.165, 1.54) is 11.3 Å². The van der Waals surface area contributed by atoms with Crippen LogP contribution in [0.2, 0.25) is 0 Å².